The lowest BCUT2D eigenvalue weighted by Crippen LogP contribution is -2.35. The molecule has 1 heterocycles. The first kappa shape index (κ1) is 14.2. The van der Waals surface area contributed by atoms with Crippen LogP contribution in [0.4, 0.5) is 11.4 Å². The van der Waals surface area contributed by atoms with Crippen LogP contribution in [0.2, 0.25) is 5.02 Å². The molecule has 1 saturated heterocycles. The van der Waals surface area contributed by atoms with Crippen LogP contribution < -0.4 is 4.90 Å². The first-order valence-electron chi connectivity index (χ1n) is 7.96. The van der Waals surface area contributed by atoms with Crippen LogP contribution in [0.5, 0.6) is 0 Å². The minimum Gasteiger partial charge on any atom is -0.274 e. The third-order valence-corrected chi connectivity index (χ3v) is 6.55. The molecule has 0 radical (unpaired) electrons. The third-order valence-electron chi connectivity index (χ3n) is 6.23. The Bertz CT molecular complexity index is 826. The Kier molecular flexibility index (Phi) is 2.51. The SMILES string of the molecule is O=C1[C@@H]2[C@H](C(=O)N1c1cc([N+](=O)[O-])ccc1Cl)[C@@H]1C=C[C@@H]2C12CC2. The van der Waals surface area contributed by atoms with E-state index >= 15 is 0 Å². The molecular formula is C17H13ClN2O4. The standard InChI is InChI=1S/C17H13ClN2O4/c18-11-4-1-8(20(23)24)7-12(11)19-15(21)13-9-2-3-10(14(13)16(19)22)17(9)5-6-17/h1-4,7,9-10,13-14H,5-6H2/t9-,10-,13-,14+/m0/s1. The Morgan fingerprint density at radius 1 is 1.12 bits per heavy atom. The van der Waals surface area contributed by atoms with E-state index in [-0.39, 0.29) is 57.3 Å². The van der Waals surface area contributed by atoms with Gasteiger partial charge in [0.05, 0.1) is 27.5 Å². The van der Waals surface area contributed by atoms with Crippen LogP contribution in [0.15, 0.2) is 30.4 Å². The fourth-order valence-corrected chi connectivity index (χ4v) is 5.30. The molecule has 2 amide bonds. The van der Waals surface area contributed by atoms with Crippen molar-refractivity contribution in [1.29, 1.82) is 0 Å². The maximum absolute atomic E-state index is 13.0. The van der Waals surface area contributed by atoms with Gasteiger partial charge < -0.3 is 0 Å². The fraction of sp³-hybridized carbons (Fsp3) is 0.412. The number of imide groups is 1. The van der Waals surface area contributed by atoms with E-state index in [2.05, 4.69) is 12.2 Å². The predicted molar refractivity (Wildman–Crippen MR) is 85.4 cm³/mol. The van der Waals surface area contributed by atoms with E-state index in [4.69, 9.17) is 11.6 Å². The van der Waals surface area contributed by atoms with Gasteiger partial charge in [-0.2, -0.15) is 0 Å². The van der Waals surface area contributed by atoms with Crippen molar-refractivity contribution in [2.45, 2.75) is 12.8 Å². The molecule has 24 heavy (non-hydrogen) atoms. The summed E-state index contributed by atoms with van der Waals surface area (Å²) in [6.45, 7) is 0. The normalized spacial score (nSPS) is 34.3. The van der Waals surface area contributed by atoms with Gasteiger partial charge in [0.15, 0.2) is 0 Å². The van der Waals surface area contributed by atoms with Crippen molar-refractivity contribution in [3.05, 3.63) is 45.5 Å². The van der Waals surface area contributed by atoms with Crippen molar-refractivity contribution in [3.63, 3.8) is 0 Å². The molecule has 122 valence electrons. The number of benzene rings is 1. The number of nitro groups is 1. The number of hydrogen-bond donors (Lipinski definition) is 0. The van der Waals surface area contributed by atoms with E-state index in [1.54, 1.807) is 0 Å². The highest BCUT2D eigenvalue weighted by Gasteiger charge is 2.73. The number of non-ortho nitro benzene ring substituents is 1. The highest BCUT2D eigenvalue weighted by atomic mass is 35.5. The minimum absolute atomic E-state index is 0.117. The molecule has 0 N–H and O–H groups in total. The Balaban J connectivity index is 1.59. The summed E-state index contributed by atoms with van der Waals surface area (Å²) in [5.74, 6) is -0.987. The molecule has 2 bridgehead atoms. The Morgan fingerprint density at radius 3 is 2.21 bits per heavy atom. The number of amides is 2. The molecule has 1 aliphatic heterocycles. The molecule has 0 unspecified atom stereocenters. The van der Waals surface area contributed by atoms with Crippen LogP contribution >= 0.6 is 11.6 Å². The van der Waals surface area contributed by atoms with Crippen molar-refractivity contribution in [2.24, 2.45) is 29.1 Å². The smallest absolute Gasteiger partial charge is 0.271 e. The number of carbonyl (C=O) groups excluding carboxylic acids is 2. The molecule has 5 rings (SSSR count). The lowest BCUT2D eigenvalue weighted by molar-refractivity contribution is -0.384. The molecule has 3 aliphatic carbocycles. The van der Waals surface area contributed by atoms with Gasteiger partial charge in [0.2, 0.25) is 11.8 Å². The summed E-state index contributed by atoms with van der Waals surface area (Å²) in [6.07, 6.45) is 6.31. The van der Waals surface area contributed by atoms with Crippen molar-refractivity contribution < 1.29 is 14.5 Å². The van der Waals surface area contributed by atoms with Gasteiger partial charge in [-0.25, -0.2) is 4.90 Å². The van der Waals surface area contributed by atoms with Crippen molar-refractivity contribution in [3.8, 4) is 0 Å². The average molecular weight is 345 g/mol. The Morgan fingerprint density at radius 2 is 1.71 bits per heavy atom. The van der Waals surface area contributed by atoms with Crippen LogP contribution in [-0.2, 0) is 9.59 Å². The highest BCUT2D eigenvalue weighted by molar-refractivity contribution is 6.36. The molecule has 1 aromatic carbocycles. The summed E-state index contributed by atoms with van der Waals surface area (Å²) in [6, 6.07) is 3.84. The zero-order chi connectivity index (χ0) is 16.8. The lowest BCUT2D eigenvalue weighted by atomic mass is 9.85. The van der Waals surface area contributed by atoms with Crippen LogP contribution in [0.25, 0.3) is 0 Å². The van der Waals surface area contributed by atoms with E-state index in [1.165, 1.54) is 18.2 Å². The highest BCUT2D eigenvalue weighted by Crippen LogP contribution is 2.73. The number of fused-ring (bicyclic) bond motifs is 3. The summed E-state index contributed by atoms with van der Waals surface area (Å²) in [5, 5.41) is 11.2. The number of nitro benzene ring substituents is 1. The Hall–Kier alpha value is -2.21. The Labute approximate surface area is 142 Å². The van der Waals surface area contributed by atoms with Crippen molar-refractivity contribution in [2.75, 3.05) is 4.90 Å². The number of hydrogen-bond acceptors (Lipinski definition) is 4. The van der Waals surface area contributed by atoms with Gasteiger partial charge in [-0.15, -0.1) is 0 Å². The molecule has 4 aliphatic rings. The van der Waals surface area contributed by atoms with Crippen LogP contribution in [-0.4, -0.2) is 16.7 Å². The van der Waals surface area contributed by atoms with Gasteiger partial charge in [0, 0.05) is 12.1 Å². The second kappa shape index (κ2) is 4.25. The first-order valence-corrected chi connectivity index (χ1v) is 8.33. The predicted octanol–water partition coefficient (Wildman–Crippen LogP) is 2.95. The second-order valence-corrected chi connectivity index (χ2v) is 7.53. The number of carbonyl (C=O) groups is 2. The number of nitrogens with zero attached hydrogens (tertiary/aromatic N) is 2. The number of anilines is 1. The molecule has 3 fully saturated rings. The monoisotopic (exact) mass is 344 g/mol. The average Bonchev–Trinajstić information content (AvgIpc) is 3.14. The third kappa shape index (κ3) is 1.48. The van der Waals surface area contributed by atoms with E-state index in [1.807, 2.05) is 0 Å². The van der Waals surface area contributed by atoms with E-state index < -0.39 is 4.92 Å². The lowest BCUT2D eigenvalue weighted by Gasteiger charge is -2.22. The number of allylic oxidation sites excluding steroid dienone is 2. The van der Waals surface area contributed by atoms with Crippen molar-refractivity contribution in [1.82, 2.24) is 0 Å². The molecule has 1 aromatic rings. The quantitative estimate of drug-likeness (QED) is 0.357. The van der Waals surface area contributed by atoms with Gasteiger partial charge in [0.1, 0.15) is 0 Å². The van der Waals surface area contributed by atoms with Crippen LogP contribution in [0.3, 0.4) is 0 Å². The minimum atomic E-state index is -0.559. The summed E-state index contributed by atoms with van der Waals surface area (Å²) in [7, 11) is 0. The fourth-order valence-electron chi connectivity index (χ4n) is 5.10. The molecule has 7 heteroatoms. The van der Waals surface area contributed by atoms with Gasteiger partial charge in [0.25, 0.3) is 5.69 Å². The summed E-state index contributed by atoms with van der Waals surface area (Å²) in [5.41, 5.74) is 0.0606. The van der Waals surface area contributed by atoms with Gasteiger partial charge in [-0.3, -0.25) is 19.7 Å². The van der Waals surface area contributed by atoms with Gasteiger partial charge in [-0.1, -0.05) is 23.8 Å². The maximum atomic E-state index is 13.0. The molecular weight excluding hydrogens is 332 g/mol. The molecule has 4 atom stereocenters. The summed E-state index contributed by atoms with van der Waals surface area (Å²) < 4.78 is 0. The van der Waals surface area contributed by atoms with Crippen LogP contribution in [0.1, 0.15) is 12.8 Å². The zero-order valence-corrected chi connectivity index (χ0v) is 13.3. The maximum Gasteiger partial charge on any atom is 0.271 e. The molecule has 6 nitrogen and oxygen atoms in total. The molecule has 0 aromatic heterocycles. The van der Waals surface area contributed by atoms with Gasteiger partial charge in [-0.05, 0) is 36.2 Å². The summed E-state index contributed by atoms with van der Waals surface area (Å²) in [4.78, 5) is 37.5. The van der Waals surface area contributed by atoms with E-state index in [0.29, 0.717) is 0 Å². The largest absolute Gasteiger partial charge is 0.274 e. The topological polar surface area (TPSA) is 80.5 Å². The molecule has 2 saturated carbocycles. The summed E-state index contributed by atoms with van der Waals surface area (Å²) >= 11 is 6.14. The zero-order valence-electron chi connectivity index (χ0n) is 12.5. The second-order valence-electron chi connectivity index (χ2n) is 7.13. The van der Waals surface area contributed by atoms with E-state index in [0.717, 1.165) is 17.7 Å². The first-order chi connectivity index (χ1) is 11.5. The van der Waals surface area contributed by atoms with Crippen LogP contribution in [0, 0.1) is 39.2 Å². The van der Waals surface area contributed by atoms with Gasteiger partial charge >= 0.3 is 0 Å². The number of halogens is 1. The molecule has 1 spiro atoms. The van der Waals surface area contributed by atoms with E-state index in [9.17, 15) is 19.7 Å². The number of rotatable bonds is 2. The van der Waals surface area contributed by atoms with Crippen molar-refractivity contribution >= 4 is 34.8 Å².